The second kappa shape index (κ2) is 5.28. The van der Waals surface area contributed by atoms with Gasteiger partial charge in [0.1, 0.15) is 0 Å². The first-order chi connectivity index (χ1) is 8.88. The highest BCUT2D eigenvalue weighted by atomic mass is 32.2. The summed E-state index contributed by atoms with van der Waals surface area (Å²) in [6.07, 6.45) is 1.19. The van der Waals surface area contributed by atoms with Gasteiger partial charge >= 0.3 is 0 Å². The van der Waals surface area contributed by atoms with Gasteiger partial charge in [-0.3, -0.25) is 4.79 Å². The summed E-state index contributed by atoms with van der Waals surface area (Å²) in [7, 11) is -3.59. The van der Waals surface area contributed by atoms with Gasteiger partial charge in [0.25, 0.3) is 0 Å². The average Bonchev–Trinajstić information content (AvgIpc) is 2.67. The molecule has 0 spiro atoms. The molecule has 7 heteroatoms. The van der Waals surface area contributed by atoms with E-state index in [2.05, 4.69) is 9.71 Å². The van der Waals surface area contributed by atoms with Crippen LogP contribution < -0.4 is 10.3 Å². The van der Waals surface area contributed by atoms with Crippen molar-refractivity contribution in [3.8, 4) is 0 Å². The van der Waals surface area contributed by atoms with Crippen LogP contribution in [0.5, 0.6) is 0 Å². The third-order valence-corrected chi connectivity index (χ3v) is 5.27. The summed E-state index contributed by atoms with van der Waals surface area (Å²) < 4.78 is 26.5. The Hall–Kier alpha value is -1.44. The molecule has 0 aliphatic carbocycles. The Balaban J connectivity index is 2.13. The third kappa shape index (κ3) is 3.31. The van der Waals surface area contributed by atoms with Crippen molar-refractivity contribution >= 4 is 21.4 Å². The number of H-pyrrole nitrogens is 1. The SMILES string of the molecule is Cc1cc(CNS(=O)(=O)c2ccc(=O)[nH]c2)sc1C. The van der Waals surface area contributed by atoms with E-state index >= 15 is 0 Å². The molecule has 19 heavy (non-hydrogen) atoms. The Kier molecular flexibility index (Phi) is 3.88. The van der Waals surface area contributed by atoms with Gasteiger partial charge in [-0.1, -0.05) is 0 Å². The smallest absolute Gasteiger partial charge is 0.247 e. The number of aromatic nitrogens is 1. The zero-order valence-electron chi connectivity index (χ0n) is 10.6. The van der Waals surface area contributed by atoms with Crippen LogP contribution in [0.15, 0.2) is 34.1 Å². The van der Waals surface area contributed by atoms with Crippen molar-refractivity contribution < 1.29 is 8.42 Å². The number of hydrogen-bond acceptors (Lipinski definition) is 4. The van der Waals surface area contributed by atoms with Crippen LogP contribution in [0.25, 0.3) is 0 Å². The highest BCUT2D eigenvalue weighted by molar-refractivity contribution is 7.89. The molecule has 5 nitrogen and oxygen atoms in total. The molecule has 2 heterocycles. The van der Waals surface area contributed by atoms with Crippen LogP contribution in [0.2, 0.25) is 0 Å². The van der Waals surface area contributed by atoms with Crippen molar-refractivity contribution in [1.29, 1.82) is 0 Å². The molecule has 0 saturated heterocycles. The Morgan fingerprint density at radius 2 is 2.05 bits per heavy atom. The molecule has 0 saturated carbocycles. The lowest BCUT2D eigenvalue weighted by Crippen LogP contribution is -2.23. The van der Waals surface area contributed by atoms with E-state index in [1.807, 2.05) is 19.9 Å². The lowest BCUT2D eigenvalue weighted by atomic mass is 10.3. The number of pyridine rings is 1. The van der Waals surface area contributed by atoms with Crippen molar-refractivity contribution in [2.24, 2.45) is 0 Å². The van der Waals surface area contributed by atoms with Crippen molar-refractivity contribution in [3.63, 3.8) is 0 Å². The van der Waals surface area contributed by atoms with E-state index in [-0.39, 0.29) is 17.0 Å². The predicted molar refractivity (Wildman–Crippen MR) is 74.9 cm³/mol. The topological polar surface area (TPSA) is 79.0 Å². The van der Waals surface area contributed by atoms with Crippen molar-refractivity contribution in [2.75, 3.05) is 0 Å². The minimum atomic E-state index is -3.59. The van der Waals surface area contributed by atoms with Gasteiger partial charge in [-0.25, -0.2) is 13.1 Å². The Morgan fingerprint density at radius 1 is 1.32 bits per heavy atom. The zero-order chi connectivity index (χ0) is 14.0. The Bertz CT molecular complexity index is 705. The van der Waals surface area contributed by atoms with Gasteiger partial charge in [-0.05, 0) is 31.5 Å². The van der Waals surface area contributed by atoms with Crippen molar-refractivity contribution in [2.45, 2.75) is 25.3 Å². The van der Waals surface area contributed by atoms with Gasteiger partial charge in [0.15, 0.2) is 0 Å². The highest BCUT2D eigenvalue weighted by Gasteiger charge is 2.14. The summed E-state index contributed by atoms with van der Waals surface area (Å²) in [5.41, 5.74) is 0.826. The molecule has 0 amide bonds. The largest absolute Gasteiger partial charge is 0.328 e. The maximum atomic E-state index is 12.0. The van der Waals surface area contributed by atoms with Crippen LogP contribution >= 0.6 is 11.3 Å². The molecule has 0 atom stereocenters. The summed E-state index contributed by atoms with van der Waals surface area (Å²) in [5.74, 6) is 0. The van der Waals surface area contributed by atoms with Crippen LogP contribution in [0.3, 0.4) is 0 Å². The highest BCUT2D eigenvalue weighted by Crippen LogP contribution is 2.20. The first-order valence-corrected chi connectivity index (χ1v) is 7.93. The van der Waals surface area contributed by atoms with E-state index in [9.17, 15) is 13.2 Å². The molecule has 2 aromatic rings. The monoisotopic (exact) mass is 298 g/mol. The van der Waals surface area contributed by atoms with Gasteiger partial charge in [-0.2, -0.15) is 0 Å². The first-order valence-electron chi connectivity index (χ1n) is 5.63. The molecule has 2 aromatic heterocycles. The number of rotatable bonds is 4. The van der Waals surface area contributed by atoms with Crippen molar-refractivity contribution in [1.82, 2.24) is 9.71 Å². The molecule has 0 aliphatic rings. The van der Waals surface area contributed by atoms with E-state index in [0.717, 1.165) is 10.4 Å². The van der Waals surface area contributed by atoms with Crippen LogP contribution in [-0.2, 0) is 16.6 Å². The summed E-state index contributed by atoms with van der Waals surface area (Å²) in [4.78, 5) is 15.4. The number of nitrogens with one attached hydrogen (secondary N) is 2. The molecule has 102 valence electrons. The van der Waals surface area contributed by atoms with Gasteiger partial charge in [-0.15, -0.1) is 11.3 Å². The molecule has 0 fully saturated rings. The minimum absolute atomic E-state index is 0.0529. The fraction of sp³-hybridized carbons (Fsp3) is 0.250. The predicted octanol–water partition coefficient (Wildman–Crippen LogP) is 1.53. The van der Waals surface area contributed by atoms with Crippen LogP contribution in [-0.4, -0.2) is 13.4 Å². The van der Waals surface area contributed by atoms with Gasteiger partial charge in [0.05, 0.1) is 4.90 Å². The van der Waals surface area contributed by atoms with E-state index in [1.165, 1.54) is 23.2 Å². The first kappa shape index (κ1) is 14.0. The fourth-order valence-corrected chi connectivity index (χ4v) is 3.61. The van der Waals surface area contributed by atoms with Crippen LogP contribution in [0, 0.1) is 13.8 Å². The lowest BCUT2D eigenvalue weighted by molar-refractivity contribution is 0.581. The maximum absolute atomic E-state index is 12.0. The van der Waals surface area contributed by atoms with Gasteiger partial charge < -0.3 is 4.98 Å². The summed E-state index contributed by atoms with van der Waals surface area (Å²) in [6.45, 7) is 4.24. The number of thiophene rings is 1. The number of aromatic amines is 1. The number of hydrogen-bond donors (Lipinski definition) is 2. The molecule has 0 unspecified atom stereocenters. The van der Waals surface area contributed by atoms with E-state index < -0.39 is 10.0 Å². The minimum Gasteiger partial charge on any atom is -0.328 e. The fourth-order valence-electron chi connectivity index (χ4n) is 1.55. The molecular formula is C12H14N2O3S2. The van der Waals surface area contributed by atoms with Crippen LogP contribution in [0.4, 0.5) is 0 Å². The Labute approximate surface area is 115 Å². The Morgan fingerprint density at radius 3 is 2.58 bits per heavy atom. The van der Waals surface area contributed by atoms with E-state index in [0.29, 0.717) is 0 Å². The standard InChI is InChI=1S/C12H14N2O3S2/c1-8-5-10(18-9(8)2)6-14-19(16,17)11-3-4-12(15)13-7-11/h3-5,7,14H,6H2,1-2H3,(H,13,15). The number of aryl methyl sites for hydroxylation is 2. The number of sulfonamides is 1. The zero-order valence-corrected chi connectivity index (χ0v) is 12.2. The summed E-state index contributed by atoms with van der Waals surface area (Å²) >= 11 is 1.57. The lowest BCUT2D eigenvalue weighted by Gasteiger charge is -2.04. The normalized spacial score (nSPS) is 11.7. The second-order valence-electron chi connectivity index (χ2n) is 4.17. The average molecular weight is 298 g/mol. The molecule has 0 bridgehead atoms. The van der Waals surface area contributed by atoms with Gasteiger partial charge in [0, 0.05) is 28.6 Å². The molecule has 0 aromatic carbocycles. The molecular weight excluding hydrogens is 284 g/mol. The van der Waals surface area contributed by atoms with Crippen molar-refractivity contribution in [3.05, 3.63) is 50.1 Å². The van der Waals surface area contributed by atoms with Gasteiger partial charge in [0.2, 0.25) is 15.6 Å². The summed E-state index contributed by atoms with van der Waals surface area (Å²) in [6, 6.07) is 4.44. The quantitative estimate of drug-likeness (QED) is 0.898. The molecule has 0 aliphatic heterocycles. The molecule has 2 rings (SSSR count). The van der Waals surface area contributed by atoms with E-state index in [4.69, 9.17) is 0 Å². The van der Waals surface area contributed by atoms with E-state index in [1.54, 1.807) is 11.3 Å². The molecule has 0 radical (unpaired) electrons. The maximum Gasteiger partial charge on any atom is 0.247 e. The molecule has 2 N–H and O–H groups in total. The summed E-state index contributed by atoms with van der Waals surface area (Å²) in [5, 5.41) is 0. The second-order valence-corrected chi connectivity index (χ2v) is 7.27. The van der Waals surface area contributed by atoms with Crippen LogP contribution in [0.1, 0.15) is 15.3 Å². The third-order valence-electron chi connectivity index (χ3n) is 2.72.